The van der Waals surface area contributed by atoms with Gasteiger partial charge in [-0.1, -0.05) is 63.8 Å². The Morgan fingerprint density at radius 2 is 1.73 bits per heavy atom. The van der Waals surface area contributed by atoms with E-state index < -0.39 is 53.0 Å². The van der Waals surface area contributed by atoms with E-state index in [4.69, 9.17) is 16.3 Å². The van der Waals surface area contributed by atoms with Gasteiger partial charge in [0.2, 0.25) is 23.5 Å². The third kappa shape index (κ3) is 8.70. The number of carbonyl (C=O) groups excluding carboxylic acids is 4. The summed E-state index contributed by atoms with van der Waals surface area (Å²) in [4.78, 5) is 66.1. The van der Waals surface area contributed by atoms with Crippen LogP contribution in [0.3, 0.4) is 0 Å². The van der Waals surface area contributed by atoms with Gasteiger partial charge in [-0.15, -0.1) is 0 Å². The molecule has 2 fully saturated rings. The van der Waals surface area contributed by atoms with E-state index in [1.54, 1.807) is 23.7 Å². The number of para-hydroxylation sites is 2. The third-order valence-corrected chi connectivity index (χ3v) is 9.37. The van der Waals surface area contributed by atoms with Crippen molar-refractivity contribution in [3.05, 3.63) is 53.4 Å². The average Bonchev–Trinajstić information content (AvgIpc) is 3.57. The molecule has 1 aliphatic carbocycles. The molecule has 1 aliphatic heterocycles. The molecule has 0 spiro atoms. The molecule has 4 atom stereocenters. The number of pyridine rings is 1. The lowest BCUT2D eigenvalue weighted by Crippen LogP contribution is -2.61. The van der Waals surface area contributed by atoms with Crippen LogP contribution in [-0.2, 0) is 16.6 Å². The molecule has 3 heterocycles. The SMILES string of the molecule is Cn1c(C(=O)C(CC2CCC2)NC(=O)[C@H]2C[C@@H](Oc3ccc(Cl)cn3)CN2C(=O)[C@H](NC(=O)NC(C)(C)C)C(C)(C)C)nc2ccccc21. The molecule has 3 aromatic rings. The first-order chi connectivity index (χ1) is 23.0. The Morgan fingerprint density at radius 3 is 2.33 bits per heavy atom. The lowest BCUT2D eigenvalue weighted by Gasteiger charge is -2.36. The fourth-order valence-corrected chi connectivity index (χ4v) is 6.49. The van der Waals surface area contributed by atoms with Crippen LogP contribution in [0.4, 0.5) is 4.79 Å². The summed E-state index contributed by atoms with van der Waals surface area (Å²) in [5.41, 5.74) is 0.283. The van der Waals surface area contributed by atoms with Crippen molar-refractivity contribution >= 4 is 46.3 Å². The zero-order valence-electron chi connectivity index (χ0n) is 29.4. The van der Waals surface area contributed by atoms with Crippen LogP contribution in [0.15, 0.2) is 42.6 Å². The molecule has 5 rings (SSSR count). The van der Waals surface area contributed by atoms with Crippen LogP contribution in [-0.4, -0.2) is 79.4 Å². The summed E-state index contributed by atoms with van der Waals surface area (Å²) in [7, 11) is 1.80. The van der Waals surface area contributed by atoms with Crippen molar-refractivity contribution in [2.45, 2.75) is 103 Å². The molecule has 1 aromatic carbocycles. The van der Waals surface area contributed by atoms with Crippen molar-refractivity contribution < 1.29 is 23.9 Å². The lowest BCUT2D eigenvalue weighted by atomic mass is 9.80. The van der Waals surface area contributed by atoms with E-state index in [0.717, 1.165) is 24.8 Å². The fourth-order valence-electron chi connectivity index (χ4n) is 6.38. The summed E-state index contributed by atoms with van der Waals surface area (Å²) >= 11 is 6.02. The second-order valence-electron chi connectivity index (χ2n) is 15.4. The molecule has 4 amide bonds. The highest BCUT2D eigenvalue weighted by Crippen LogP contribution is 2.32. The normalized spacial score (nSPS) is 19.6. The summed E-state index contributed by atoms with van der Waals surface area (Å²) in [6, 6.07) is 7.52. The van der Waals surface area contributed by atoms with Crippen molar-refractivity contribution in [1.29, 1.82) is 0 Å². The number of aryl methyl sites for hydroxylation is 1. The number of halogens is 1. The van der Waals surface area contributed by atoms with Crippen molar-refractivity contribution in [3.8, 4) is 5.88 Å². The quantitative estimate of drug-likeness (QED) is 0.252. The number of benzene rings is 1. The number of nitrogens with zero attached hydrogens (tertiary/aromatic N) is 4. The number of amides is 4. The minimum absolute atomic E-state index is 0.0718. The number of ether oxygens (including phenoxy) is 1. The maximum Gasteiger partial charge on any atom is 0.315 e. The van der Waals surface area contributed by atoms with E-state index in [1.807, 2.05) is 65.8 Å². The van der Waals surface area contributed by atoms with Gasteiger partial charge in [-0.3, -0.25) is 14.4 Å². The first-order valence-corrected chi connectivity index (χ1v) is 17.3. The number of urea groups is 1. The monoisotopic (exact) mass is 693 g/mol. The fraction of sp³-hybridized carbons (Fsp3) is 0.556. The van der Waals surface area contributed by atoms with Gasteiger partial charge in [0.1, 0.15) is 18.2 Å². The summed E-state index contributed by atoms with van der Waals surface area (Å²) in [5, 5.41) is 9.19. The molecule has 1 saturated carbocycles. The standard InChI is InChI=1S/C36H48ClN7O5/c1-35(2,3)30(41-34(48)42-36(4,5)6)33(47)44-20-23(49-28-16-15-22(37)19-38-28)18-27(44)32(46)40-25(17-21-11-10-12-21)29(45)31-39-24-13-8-9-14-26(24)43(31)7/h8-9,13-16,19,21,23,25,27,30H,10-12,17-18,20H2,1-7H3,(H,40,46)(H2,41,42,48)/t23-,25?,27-,30+/m1/s1. The van der Waals surface area contributed by atoms with Crippen molar-refractivity contribution in [3.63, 3.8) is 0 Å². The molecule has 2 aliphatic rings. The highest BCUT2D eigenvalue weighted by Gasteiger charge is 2.47. The predicted molar refractivity (Wildman–Crippen MR) is 187 cm³/mol. The lowest BCUT2D eigenvalue weighted by molar-refractivity contribution is -0.142. The first-order valence-electron chi connectivity index (χ1n) is 16.9. The molecule has 13 heteroatoms. The third-order valence-electron chi connectivity index (χ3n) is 9.15. The van der Waals surface area contributed by atoms with E-state index in [-0.39, 0.29) is 24.6 Å². The summed E-state index contributed by atoms with van der Waals surface area (Å²) in [6.07, 6.45) is 4.55. The molecule has 1 unspecified atom stereocenters. The van der Waals surface area contributed by atoms with Crippen LogP contribution in [0.5, 0.6) is 5.88 Å². The Hall–Kier alpha value is -4.19. The van der Waals surface area contributed by atoms with Crippen molar-refractivity contribution in [2.75, 3.05) is 6.54 Å². The second kappa shape index (κ2) is 14.3. The number of imidazole rings is 1. The molecule has 1 saturated heterocycles. The number of nitrogens with one attached hydrogen (secondary N) is 3. The van der Waals surface area contributed by atoms with Gasteiger partial charge >= 0.3 is 6.03 Å². The summed E-state index contributed by atoms with van der Waals surface area (Å²) in [5.74, 6) is -0.301. The molecule has 264 valence electrons. The Bertz CT molecular complexity index is 1690. The maximum atomic E-state index is 14.4. The number of hydrogen-bond donors (Lipinski definition) is 3. The molecule has 2 aromatic heterocycles. The van der Waals surface area contributed by atoms with Crippen LogP contribution in [0.1, 0.15) is 84.3 Å². The van der Waals surface area contributed by atoms with Gasteiger partial charge in [0.15, 0.2) is 5.82 Å². The first kappa shape index (κ1) is 36.1. The van der Waals surface area contributed by atoms with Gasteiger partial charge in [-0.2, -0.15) is 0 Å². The Morgan fingerprint density at radius 1 is 1.02 bits per heavy atom. The zero-order valence-corrected chi connectivity index (χ0v) is 30.1. The Kier molecular flexibility index (Phi) is 10.6. The van der Waals surface area contributed by atoms with Gasteiger partial charge in [-0.25, -0.2) is 14.8 Å². The Balaban J connectivity index is 1.43. The highest BCUT2D eigenvalue weighted by molar-refractivity contribution is 6.30. The van der Waals surface area contributed by atoms with Crippen LogP contribution in [0.2, 0.25) is 5.02 Å². The van der Waals surface area contributed by atoms with Gasteiger partial charge in [-0.05, 0) is 56.7 Å². The van der Waals surface area contributed by atoms with Crippen LogP contribution in [0, 0.1) is 11.3 Å². The topological polar surface area (TPSA) is 148 Å². The summed E-state index contributed by atoms with van der Waals surface area (Å²) in [6.45, 7) is 11.2. The molecule has 3 N–H and O–H groups in total. The van der Waals surface area contributed by atoms with Gasteiger partial charge in [0.25, 0.3) is 0 Å². The average molecular weight is 694 g/mol. The van der Waals surface area contributed by atoms with Crippen molar-refractivity contribution in [2.24, 2.45) is 18.4 Å². The number of carbonyl (C=O) groups is 4. The smallest absolute Gasteiger partial charge is 0.315 e. The number of likely N-dealkylation sites (tertiary alicyclic amines) is 1. The Labute approximate surface area is 292 Å². The maximum absolute atomic E-state index is 14.4. The predicted octanol–water partition coefficient (Wildman–Crippen LogP) is 5.04. The number of aromatic nitrogens is 3. The number of ketones is 1. The molecular weight excluding hydrogens is 646 g/mol. The van der Waals surface area contributed by atoms with Crippen LogP contribution in [0.25, 0.3) is 11.0 Å². The summed E-state index contributed by atoms with van der Waals surface area (Å²) < 4.78 is 7.90. The number of hydrogen-bond acceptors (Lipinski definition) is 7. The van der Waals surface area contributed by atoms with E-state index in [9.17, 15) is 19.2 Å². The highest BCUT2D eigenvalue weighted by atomic mass is 35.5. The van der Waals surface area contributed by atoms with Crippen molar-refractivity contribution in [1.82, 2.24) is 35.4 Å². The number of rotatable bonds is 10. The molecule has 49 heavy (non-hydrogen) atoms. The minimum atomic E-state index is -0.973. The van der Waals surface area contributed by atoms with E-state index in [1.165, 1.54) is 11.1 Å². The van der Waals surface area contributed by atoms with E-state index in [2.05, 4.69) is 25.9 Å². The number of fused-ring (bicyclic) bond motifs is 1. The molecule has 0 radical (unpaired) electrons. The second-order valence-corrected chi connectivity index (χ2v) is 15.8. The molecule has 12 nitrogen and oxygen atoms in total. The minimum Gasteiger partial charge on any atom is -0.472 e. The van der Waals surface area contributed by atoms with Crippen LogP contribution < -0.4 is 20.7 Å². The van der Waals surface area contributed by atoms with Gasteiger partial charge in [0, 0.05) is 31.3 Å². The number of Topliss-reactive ketones (excluding diaryl/α,β-unsaturated/α-hetero) is 1. The molecule has 0 bridgehead atoms. The van der Waals surface area contributed by atoms with E-state index >= 15 is 0 Å². The van der Waals surface area contributed by atoms with E-state index in [0.29, 0.717) is 28.8 Å². The zero-order chi connectivity index (χ0) is 35.7. The molecular formula is C36H48ClN7O5. The van der Waals surface area contributed by atoms with Crippen LogP contribution >= 0.6 is 11.6 Å². The largest absolute Gasteiger partial charge is 0.472 e. The van der Waals surface area contributed by atoms with Gasteiger partial charge < -0.3 is 30.2 Å². The van der Waals surface area contributed by atoms with Gasteiger partial charge in [0.05, 0.1) is 28.6 Å².